The number of carbonyl (C=O) groups excluding carboxylic acids is 5. The Bertz CT molecular complexity index is 3980. The van der Waals surface area contributed by atoms with Crippen molar-refractivity contribution >= 4 is 126 Å². The summed E-state index contributed by atoms with van der Waals surface area (Å²) in [5.74, 6) is -2.67. The number of amides is 6. The SMILES string of the molecule is O=C(Nc1cccc(C(=O)Nc2cccc(C(=O)Nc3ccc4cc(S(=O)(=O)O)cc(S(=O)(=O)O)c4c3)c2)c1)Nc1cccc(C(=O)Nc2cccc(C(=O)Nc3ccc4cc(S(=O)(=O)O)cc(S(=O)(=O)O)c4c3)c2)c1. The number of anilines is 6. The largest absolute Gasteiger partial charge is 0.323 e. The molecule has 0 atom stereocenters. The average molecular weight is 1110 g/mol. The summed E-state index contributed by atoms with van der Waals surface area (Å²) in [6.45, 7) is 0. The Labute approximate surface area is 431 Å². The summed E-state index contributed by atoms with van der Waals surface area (Å²) in [4.78, 5) is 63.1. The molecule has 0 radical (unpaired) electrons. The van der Waals surface area contributed by atoms with Crippen LogP contribution in [0.2, 0.25) is 0 Å². The molecule has 0 saturated carbocycles. The van der Waals surface area contributed by atoms with Gasteiger partial charge in [0.05, 0.1) is 9.79 Å². The second kappa shape index (κ2) is 20.8. The van der Waals surface area contributed by atoms with Crippen LogP contribution < -0.4 is 31.9 Å². The molecule has 8 aromatic rings. The fraction of sp³-hybridized carbons (Fsp3) is 0. The lowest BCUT2D eigenvalue weighted by atomic mass is 10.1. The van der Waals surface area contributed by atoms with Crippen molar-refractivity contribution in [3.8, 4) is 0 Å². The van der Waals surface area contributed by atoms with E-state index in [1.54, 1.807) is 0 Å². The van der Waals surface area contributed by atoms with E-state index in [2.05, 4.69) is 31.9 Å². The number of nitrogens with one attached hydrogen (secondary N) is 6. The van der Waals surface area contributed by atoms with Gasteiger partial charge in [0.15, 0.2) is 0 Å². The first-order valence-electron chi connectivity index (χ1n) is 21.5. The Morgan fingerprint density at radius 1 is 0.303 bits per heavy atom. The van der Waals surface area contributed by atoms with Crippen LogP contribution in [0.3, 0.4) is 0 Å². The maximum Gasteiger partial charge on any atom is 0.323 e. The van der Waals surface area contributed by atoms with E-state index in [1.165, 1.54) is 133 Å². The number of hydrogen-bond acceptors (Lipinski definition) is 13. The quantitative estimate of drug-likeness (QED) is 0.0468. The van der Waals surface area contributed by atoms with Gasteiger partial charge in [-0.3, -0.25) is 37.4 Å². The van der Waals surface area contributed by atoms with Crippen molar-refractivity contribution < 1.29 is 75.9 Å². The van der Waals surface area contributed by atoms with Crippen LogP contribution >= 0.6 is 0 Å². The van der Waals surface area contributed by atoms with Crippen LogP contribution in [0, 0.1) is 0 Å². The molecule has 0 saturated heterocycles. The van der Waals surface area contributed by atoms with Crippen LogP contribution in [0.15, 0.2) is 177 Å². The highest BCUT2D eigenvalue weighted by molar-refractivity contribution is 7.87. The molecule has 8 aromatic carbocycles. The Kier molecular flexibility index (Phi) is 14.6. The summed E-state index contributed by atoms with van der Waals surface area (Å²) in [5, 5.41) is 15.3. The molecule has 76 heavy (non-hydrogen) atoms. The molecule has 0 bridgehead atoms. The van der Waals surface area contributed by atoms with Gasteiger partial charge in [-0.1, -0.05) is 36.4 Å². The van der Waals surface area contributed by atoms with E-state index in [9.17, 15) is 75.9 Å². The molecule has 0 spiro atoms. The van der Waals surface area contributed by atoms with E-state index in [0.717, 1.165) is 12.1 Å². The zero-order valence-corrected chi connectivity index (χ0v) is 41.5. The van der Waals surface area contributed by atoms with Crippen molar-refractivity contribution in [2.75, 3.05) is 31.9 Å². The van der Waals surface area contributed by atoms with E-state index in [-0.39, 0.29) is 77.9 Å². The van der Waals surface area contributed by atoms with Gasteiger partial charge in [-0.25, -0.2) is 4.79 Å². The zero-order valence-electron chi connectivity index (χ0n) is 38.2. The number of urea groups is 1. The third-order valence-corrected chi connectivity index (χ3v) is 14.4. The monoisotopic (exact) mass is 1110 g/mol. The zero-order chi connectivity index (χ0) is 54.9. The Morgan fingerprint density at radius 2 is 0.579 bits per heavy atom. The van der Waals surface area contributed by atoms with E-state index >= 15 is 0 Å². The summed E-state index contributed by atoms with van der Waals surface area (Å²) in [6, 6.07) is 33.0. The number of rotatable bonds is 14. The van der Waals surface area contributed by atoms with Crippen LogP contribution in [0.4, 0.5) is 38.9 Å². The number of carbonyl (C=O) groups is 5. The molecule has 0 heterocycles. The van der Waals surface area contributed by atoms with Gasteiger partial charge in [0.1, 0.15) is 9.79 Å². The molecule has 8 rings (SSSR count). The molecular weight excluding hydrogens is 1070 g/mol. The van der Waals surface area contributed by atoms with Gasteiger partial charge in [0, 0.05) is 67.2 Å². The highest BCUT2D eigenvalue weighted by atomic mass is 32.2. The van der Waals surface area contributed by atoms with Crippen LogP contribution in [0.1, 0.15) is 41.4 Å². The minimum Gasteiger partial charge on any atom is -0.322 e. The molecule has 388 valence electrons. The molecule has 0 fully saturated rings. The van der Waals surface area contributed by atoms with Gasteiger partial charge in [-0.2, -0.15) is 33.7 Å². The van der Waals surface area contributed by atoms with Gasteiger partial charge in [-0.15, -0.1) is 0 Å². The Balaban J connectivity index is 0.871. The summed E-state index contributed by atoms with van der Waals surface area (Å²) >= 11 is 0. The lowest BCUT2D eigenvalue weighted by Crippen LogP contribution is -2.20. The molecule has 0 aliphatic heterocycles. The first-order chi connectivity index (χ1) is 35.7. The van der Waals surface area contributed by atoms with Crippen molar-refractivity contribution in [1.29, 1.82) is 0 Å². The molecule has 0 aliphatic rings. The number of fused-ring (bicyclic) bond motifs is 2. The second-order valence-electron chi connectivity index (χ2n) is 16.3. The third-order valence-electron chi connectivity index (χ3n) is 11.0. The lowest BCUT2D eigenvalue weighted by Gasteiger charge is -2.12. The van der Waals surface area contributed by atoms with Crippen molar-refractivity contribution in [2.24, 2.45) is 0 Å². The Hall–Kier alpha value is -8.93. The topological polar surface area (TPSA) is 375 Å². The van der Waals surface area contributed by atoms with Gasteiger partial charge in [0.2, 0.25) is 0 Å². The van der Waals surface area contributed by atoms with Crippen LogP contribution in [0.25, 0.3) is 21.5 Å². The summed E-state index contributed by atoms with van der Waals surface area (Å²) in [7, 11) is -19.7. The average Bonchev–Trinajstić information content (AvgIpc) is 3.39. The van der Waals surface area contributed by atoms with Crippen molar-refractivity contribution in [2.45, 2.75) is 19.6 Å². The van der Waals surface area contributed by atoms with E-state index in [0.29, 0.717) is 12.1 Å². The minimum atomic E-state index is -5.00. The molecule has 23 nitrogen and oxygen atoms in total. The van der Waals surface area contributed by atoms with Gasteiger partial charge in [0.25, 0.3) is 64.1 Å². The molecule has 0 aliphatic carbocycles. The highest BCUT2D eigenvalue weighted by Gasteiger charge is 2.23. The Morgan fingerprint density at radius 3 is 0.855 bits per heavy atom. The normalized spacial score (nSPS) is 11.8. The van der Waals surface area contributed by atoms with Crippen LogP contribution in [-0.4, -0.2) is 81.5 Å². The number of hydrogen-bond donors (Lipinski definition) is 10. The fourth-order valence-corrected chi connectivity index (χ4v) is 10.2. The first kappa shape index (κ1) is 53.4. The molecule has 0 unspecified atom stereocenters. The van der Waals surface area contributed by atoms with Crippen LogP contribution in [0.5, 0.6) is 0 Å². The smallest absolute Gasteiger partial charge is 0.322 e. The van der Waals surface area contributed by atoms with Crippen molar-refractivity contribution in [3.63, 3.8) is 0 Å². The summed E-state index contributed by atoms with van der Waals surface area (Å²) in [6.07, 6.45) is 0. The number of benzene rings is 8. The van der Waals surface area contributed by atoms with Gasteiger partial charge < -0.3 is 31.9 Å². The van der Waals surface area contributed by atoms with Gasteiger partial charge >= 0.3 is 6.03 Å². The molecule has 6 amide bonds. The molecule has 10 N–H and O–H groups in total. The minimum absolute atomic E-state index is 0.00799. The maximum atomic E-state index is 13.3. The highest BCUT2D eigenvalue weighted by Crippen LogP contribution is 2.32. The second-order valence-corrected chi connectivity index (χ2v) is 22.0. The van der Waals surface area contributed by atoms with E-state index < -0.39 is 89.7 Å². The standard InChI is InChI=1S/C49H36N6O17S4/c56-45(50-33-9-1-5-29(17-33)47(58)52-37-15-13-27-21-39(73(61,62)63)25-43(41(27)23-37)75(67,68)69)31-7-3-11-35(19-31)54-49(60)55-36-12-4-8-32(20-36)46(57)51-34-10-2-6-30(18-34)48(59)53-38-16-14-28-22-40(74(64,65)66)26-44(42(28)24-38)76(70,71)72/h1-26H,(H,50,56)(H,51,57)(H,52,58)(H,53,59)(H2,54,55,60)(H,61,62,63)(H,64,65,66)(H,67,68,69)(H,70,71,72). The fourth-order valence-electron chi connectivity index (χ4n) is 7.53. The van der Waals surface area contributed by atoms with Crippen LogP contribution in [-0.2, 0) is 40.5 Å². The predicted octanol–water partition coefficient (Wildman–Crippen LogP) is 7.63. The maximum absolute atomic E-state index is 13.3. The third kappa shape index (κ3) is 12.7. The summed E-state index contributed by atoms with van der Waals surface area (Å²) in [5.41, 5.74) is 1.13. The first-order valence-corrected chi connectivity index (χ1v) is 27.2. The van der Waals surface area contributed by atoms with Crippen molar-refractivity contribution in [1.82, 2.24) is 0 Å². The summed E-state index contributed by atoms with van der Waals surface area (Å²) < 4.78 is 134. The molecule has 27 heteroatoms. The molecule has 0 aromatic heterocycles. The van der Waals surface area contributed by atoms with Crippen molar-refractivity contribution in [3.05, 3.63) is 180 Å². The molecular formula is C49H36N6O17S4. The van der Waals surface area contributed by atoms with E-state index in [4.69, 9.17) is 0 Å². The predicted molar refractivity (Wildman–Crippen MR) is 277 cm³/mol. The lowest BCUT2D eigenvalue weighted by molar-refractivity contribution is 0.101. The van der Waals surface area contributed by atoms with Gasteiger partial charge in [-0.05, 0) is 132 Å². The van der Waals surface area contributed by atoms with E-state index in [1.807, 2.05) is 0 Å².